The summed E-state index contributed by atoms with van der Waals surface area (Å²) in [6.45, 7) is 4.41. The Kier molecular flexibility index (Phi) is 3.58. The topological polar surface area (TPSA) is 20.2 Å². The van der Waals surface area contributed by atoms with Crippen LogP contribution in [0.15, 0.2) is 10.2 Å². The number of rotatable bonds is 3. The maximum Gasteiger partial charge on any atom is 0.0782 e. The summed E-state index contributed by atoms with van der Waals surface area (Å²) in [5.41, 5.74) is 0.169. The van der Waals surface area contributed by atoms with Crippen LogP contribution in [0.2, 0.25) is 0 Å². The van der Waals surface area contributed by atoms with E-state index in [0.29, 0.717) is 0 Å². The number of halogens is 1. The van der Waals surface area contributed by atoms with Crippen LogP contribution in [0.5, 0.6) is 0 Å². The number of hydrogen-bond donors (Lipinski definition) is 1. The lowest BCUT2D eigenvalue weighted by Gasteiger charge is -2.47. The second kappa shape index (κ2) is 4.09. The van der Waals surface area contributed by atoms with Crippen LogP contribution in [0.25, 0.3) is 0 Å². The van der Waals surface area contributed by atoms with Crippen molar-refractivity contribution >= 4 is 22.6 Å². The van der Waals surface area contributed by atoms with Gasteiger partial charge in [-0.3, -0.25) is 0 Å². The van der Waals surface area contributed by atoms with Crippen LogP contribution in [0.1, 0.15) is 33.1 Å². The smallest absolute Gasteiger partial charge is 0.0782 e. The molecule has 0 aliphatic heterocycles. The molecule has 0 bridgehead atoms. The first kappa shape index (κ1) is 10.5. The van der Waals surface area contributed by atoms with Crippen molar-refractivity contribution < 1.29 is 5.11 Å². The van der Waals surface area contributed by atoms with E-state index in [4.69, 9.17) is 0 Å². The first-order chi connectivity index (χ1) is 5.62. The second-order valence-corrected chi connectivity index (χ2v) is 4.82. The number of aliphatic hydroxyl groups excluding tert-OH is 1. The maximum absolute atomic E-state index is 9.75. The summed E-state index contributed by atoms with van der Waals surface area (Å²) < 4.78 is 1.91. The third-order valence-corrected chi connectivity index (χ3v) is 3.47. The van der Waals surface area contributed by atoms with Crippen molar-refractivity contribution in [2.45, 2.75) is 39.2 Å². The summed E-state index contributed by atoms with van der Waals surface area (Å²) in [5, 5.41) is 9.75. The van der Waals surface area contributed by atoms with Crippen LogP contribution >= 0.6 is 22.6 Å². The summed E-state index contributed by atoms with van der Waals surface area (Å²) in [4.78, 5) is 0. The van der Waals surface area contributed by atoms with Gasteiger partial charge < -0.3 is 5.11 Å². The molecule has 1 aliphatic rings. The quantitative estimate of drug-likeness (QED) is 0.787. The van der Waals surface area contributed by atoms with Crippen molar-refractivity contribution in [2.24, 2.45) is 11.3 Å². The Morgan fingerprint density at radius 2 is 2.25 bits per heavy atom. The van der Waals surface area contributed by atoms with Crippen LogP contribution in [-0.2, 0) is 0 Å². The normalized spacial score (nSPS) is 38.2. The SMILES string of the molecule is CC[C@H]1C[C@](C)([C@@H](O)C=CI)C1. The Morgan fingerprint density at radius 1 is 1.67 bits per heavy atom. The highest BCUT2D eigenvalue weighted by Gasteiger charge is 2.43. The zero-order valence-electron chi connectivity index (χ0n) is 7.76. The molecule has 0 aromatic heterocycles. The van der Waals surface area contributed by atoms with Gasteiger partial charge in [0.2, 0.25) is 0 Å². The molecule has 0 radical (unpaired) electrons. The molecular formula is C10H17IO. The van der Waals surface area contributed by atoms with Gasteiger partial charge in [0.15, 0.2) is 0 Å². The van der Waals surface area contributed by atoms with Crippen molar-refractivity contribution in [3.8, 4) is 0 Å². The van der Waals surface area contributed by atoms with E-state index < -0.39 is 0 Å². The molecular weight excluding hydrogens is 263 g/mol. The van der Waals surface area contributed by atoms with E-state index in [9.17, 15) is 5.11 Å². The Bertz CT molecular complexity index is 171. The van der Waals surface area contributed by atoms with Crippen molar-refractivity contribution in [3.05, 3.63) is 10.2 Å². The highest BCUT2D eigenvalue weighted by molar-refractivity contribution is 14.1. The van der Waals surface area contributed by atoms with Gasteiger partial charge >= 0.3 is 0 Å². The highest BCUT2D eigenvalue weighted by atomic mass is 127. The molecule has 1 aliphatic carbocycles. The summed E-state index contributed by atoms with van der Waals surface area (Å²) in [5.74, 6) is 0.854. The Morgan fingerprint density at radius 3 is 2.67 bits per heavy atom. The van der Waals surface area contributed by atoms with Gasteiger partial charge in [0.25, 0.3) is 0 Å². The fraction of sp³-hybridized carbons (Fsp3) is 0.800. The first-order valence-corrected chi connectivity index (χ1v) is 5.82. The van der Waals surface area contributed by atoms with E-state index in [-0.39, 0.29) is 11.5 Å². The average Bonchev–Trinajstić information content (AvgIpc) is 1.99. The van der Waals surface area contributed by atoms with Gasteiger partial charge in [-0.25, -0.2) is 0 Å². The van der Waals surface area contributed by atoms with Crippen LogP contribution in [0.3, 0.4) is 0 Å². The van der Waals surface area contributed by atoms with Crippen LogP contribution in [-0.4, -0.2) is 11.2 Å². The van der Waals surface area contributed by atoms with Crippen molar-refractivity contribution in [2.75, 3.05) is 0 Å². The zero-order chi connectivity index (χ0) is 9.19. The summed E-state index contributed by atoms with van der Waals surface area (Å²) in [6, 6.07) is 0. The molecule has 70 valence electrons. The third-order valence-electron chi connectivity index (χ3n) is 3.06. The molecule has 0 heterocycles. The third kappa shape index (κ3) is 2.02. The molecule has 0 spiro atoms. The molecule has 0 unspecified atom stereocenters. The predicted molar refractivity (Wildman–Crippen MR) is 60.3 cm³/mol. The fourth-order valence-corrected chi connectivity index (χ4v) is 2.48. The molecule has 1 nitrogen and oxygen atoms in total. The molecule has 1 rings (SSSR count). The minimum absolute atomic E-state index is 0.169. The van der Waals surface area contributed by atoms with Gasteiger partial charge in [0.1, 0.15) is 0 Å². The summed E-state index contributed by atoms with van der Waals surface area (Å²) in [7, 11) is 0. The molecule has 0 aromatic carbocycles. The molecule has 12 heavy (non-hydrogen) atoms. The van der Waals surface area contributed by atoms with Gasteiger partial charge in [-0.15, -0.1) is 0 Å². The second-order valence-electron chi connectivity index (χ2n) is 4.10. The van der Waals surface area contributed by atoms with Crippen LogP contribution < -0.4 is 0 Å². The highest BCUT2D eigenvalue weighted by Crippen LogP contribution is 2.49. The van der Waals surface area contributed by atoms with Crippen LogP contribution in [0.4, 0.5) is 0 Å². The number of hydrogen-bond acceptors (Lipinski definition) is 1. The zero-order valence-corrected chi connectivity index (χ0v) is 9.91. The molecule has 0 aromatic rings. The van der Waals surface area contributed by atoms with Crippen LogP contribution in [0, 0.1) is 11.3 Å². The average molecular weight is 280 g/mol. The van der Waals surface area contributed by atoms with Crippen molar-refractivity contribution in [3.63, 3.8) is 0 Å². The summed E-state index contributed by atoms with van der Waals surface area (Å²) in [6.07, 6.45) is 5.29. The van der Waals surface area contributed by atoms with Gasteiger partial charge in [-0.2, -0.15) is 0 Å². The fourth-order valence-electron chi connectivity index (χ4n) is 2.09. The molecule has 1 fully saturated rings. The largest absolute Gasteiger partial charge is 0.388 e. The lowest BCUT2D eigenvalue weighted by atomic mass is 9.59. The molecule has 1 atom stereocenters. The van der Waals surface area contributed by atoms with E-state index in [1.165, 1.54) is 19.3 Å². The molecule has 0 saturated heterocycles. The predicted octanol–water partition coefficient (Wildman–Crippen LogP) is 3.12. The monoisotopic (exact) mass is 280 g/mol. The molecule has 2 heteroatoms. The minimum Gasteiger partial charge on any atom is -0.388 e. The lowest BCUT2D eigenvalue weighted by molar-refractivity contribution is -0.0314. The Labute approximate surface area is 88.4 Å². The lowest BCUT2D eigenvalue weighted by Crippen LogP contribution is -2.43. The van der Waals surface area contributed by atoms with Gasteiger partial charge in [0.05, 0.1) is 6.10 Å². The first-order valence-electron chi connectivity index (χ1n) is 4.57. The maximum atomic E-state index is 9.75. The molecule has 1 saturated carbocycles. The van der Waals surface area contributed by atoms with Crippen molar-refractivity contribution in [1.29, 1.82) is 0 Å². The summed E-state index contributed by atoms with van der Waals surface area (Å²) >= 11 is 2.16. The van der Waals surface area contributed by atoms with E-state index >= 15 is 0 Å². The minimum atomic E-state index is -0.239. The van der Waals surface area contributed by atoms with E-state index in [2.05, 4.69) is 36.4 Å². The molecule has 1 N–H and O–H groups in total. The Balaban J connectivity index is 2.43. The standard InChI is InChI=1S/C10H17IO/c1-3-8-6-10(2,7-8)9(12)4-5-11/h4-5,8-9,12H,3,6-7H2,1-2H3/t8-,9-,10-/m0/s1. The number of aliphatic hydroxyl groups is 1. The Hall–Kier alpha value is 0.430. The van der Waals surface area contributed by atoms with Gasteiger partial charge in [0, 0.05) is 0 Å². The molecule has 0 amide bonds. The van der Waals surface area contributed by atoms with Gasteiger partial charge in [-0.05, 0) is 34.3 Å². The van der Waals surface area contributed by atoms with E-state index in [1.54, 1.807) is 0 Å². The van der Waals surface area contributed by atoms with E-state index in [0.717, 1.165) is 5.92 Å². The van der Waals surface area contributed by atoms with E-state index in [1.807, 2.05) is 10.2 Å². The van der Waals surface area contributed by atoms with Crippen molar-refractivity contribution in [1.82, 2.24) is 0 Å². The van der Waals surface area contributed by atoms with Gasteiger partial charge in [-0.1, -0.05) is 42.9 Å².